The Morgan fingerprint density at radius 2 is 1.81 bits per heavy atom. The van der Waals surface area contributed by atoms with Crippen LogP contribution in [0.3, 0.4) is 0 Å². The average molecular weight is 500 g/mol. The smallest absolute Gasteiger partial charge is 0.355 e. The van der Waals surface area contributed by atoms with Gasteiger partial charge >= 0.3 is 5.97 Å². The molecule has 3 rings (SSSR count). The lowest BCUT2D eigenvalue weighted by molar-refractivity contribution is -0.140. The molecule has 1 fully saturated rings. The summed E-state index contributed by atoms with van der Waals surface area (Å²) in [6.07, 6.45) is 0. The number of carbonyl (C=O) groups is 3. The molecule has 1 aliphatic rings. The third kappa shape index (κ3) is 4.81. The van der Waals surface area contributed by atoms with Gasteiger partial charge in [0.1, 0.15) is 11.5 Å². The summed E-state index contributed by atoms with van der Waals surface area (Å²) in [6.45, 7) is 5.98. The Morgan fingerprint density at radius 3 is 2.39 bits per heavy atom. The van der Waals surface area contributed by atoms with Crippen LogP contribution in [0.4, 0.5) is 0 Å². The number of Topliss-reactive ketones (excluding diaryl/α,β-unsaturated/α-hetero) is 1. The molecule has 1 saturated heterocycles. The number of nitrogens with one attached hydrogen (secondary N) is 1. The molecule has 1 aliphatic heterocycles. The van der Waals surface area contributed by atoms with E-state index in [1.165, 1.54) is 19.1 Å². The number of carbonyl (C=O) groups excluding carboxylic acids is 3. The fourth-order valence-electron chi connectivity index (χ4n) is 4.44. The number of hydrogen-bond acceptors (Lipinski definition) is 8. The number of rotatable bonds is 9. The molecule has 0 aliphatic carbocycles. The van der Waals surface area contributed by atoms with Crippen LogP contribution in [0.25, 0.3) is 5.76 Å². The van der Waals surface area contributed by atoms with E-state index in [4.69, 9.17) is 14.2 Å². The van der Waals surface area contributed by atoms with Gasteiger partial charge < -0.3 is 34.1 Å². The third-order valence-corrected chi connectivity index (χ3v) is 6.21. The molecule has 0 bridgehead atoms. The van der Waals surface area contributed by atoms with Crippen molar-refractivity contribution in [3.05, 3.63) is 51.9 Å². The first-order valence-electron chi connectivity index (χ1n) is 11.6. The van der Waals surface area contributed by atoms with Crippen molar-refractivity contribution < 1.29 is 33.7 Å². The topological polar surface area (TPSA) is 121 Å². The minimum atomic E-state index is -0.871. The van der Waals surface area contributed by atoms with Crippen molar-refractivity contribution in [3.63, 3.8) is 0 Å². The Morgan fingerprint density at radius 1 is 1.14 bits per heavy atom. The molecule has 2 heterocycles. The number of aromatic amines is 1. The van der Waals surface area contributed by atoms with E-state index < -0.39 is 23.7 Å². The summed E-state index contributed by atoms with van der Waals surface area (Å²) in [7, 11) is 6.74. The number of likely N-dealkylation sites (tertiary alicyclic amines) is 1. The van der Waals surface area contributed by atoms with Crippen LogP contribution in [0, 0.1) is 13.8 Å². The molecule has 0 unspecified atom stereocenters. The predicted molar refractivity (Wildman–Crippen MR) is 133 cm³/mol. The predicted octanol–water partition coefficient (Wildman–Crippen LogP) is 2.81. The van der Waals surface area contributed by atoms with E-state index in [1.807, 2.05) is 19.0 Å². The minimum absolute atomic E-state index is 0.0633. The fraction of sp³-hybridized carbons (Fsp3) is 0.423. The van der Waals surface area contributed by atoms with Gasteiger partial charge in [0.25, 0.3) is 11.7 Å². The number of hydrogen-bond donors (Lipinski definition) is 2. The molecule has 0 radical (unpaired) electrons. The molecule has 10 nitrogen and oxygen atoms in total. The van der Waals surface area contributed by atoms with Gasteiger partial charge in [-0.1, -0.05) is 6.07 Å². The zero-order valence-corrected chi connectivity index (χ0v) is 21.7. The molecule has 1 atom stereocenters. The Bertz CT molecular complexity index is 1210. The molecule has 0 spiro atoms. The van der Waals surface area contributed by atoms with Crippen molar-refractivity contribution >= 4 is 23.4 Å². The van der Waals surface area contributed by atoms with E-state index in [2.05, 4.69) is 4.98 Å². The highest BCUT2D eigenvalue weighted by Crippen LogP contribution is 2.42. The number of aryl methyl sites for hydroxylation is 1. The number of benzene rings is 1. The van der Waals surface area contributed by atoms with Gasteiger partial charge in [-0.15, -0.1) is 0 Å². The van der Waals surface area contributed by atoms with Crippen LogP contribution in [-0.2, 0) is 14.3 Å². The Labute approximate surface area is 210 Å². The summed E-state index contributed by atoms with van der Waals surface area (Å²) in [5.41, 5.74) is 1.87. The highest BCUT2D eigenvalue weighted by Gasteiger charge is 2.46. The van der Waals surface area contributed by atoms with Gasteiger partial charge in [0.05, 0.1) is 32.4 Å². The van der Waals surface area contributed by atoms with Crippen LogP contribution >= 0.6 is 0 Å². The second-order valence-electron chi connectivity index (χ2n) is 8.76. The van der Waals surface area contributed by atoms with E-state index in [0.717, 1.165) is 0 Å². The number of amides is 1. The van der Waals surface area contributed by atoms with E-state index in [0.29, 0.717) is 34.9 Å². The molecule has 0 saturated carbocycles. The van der Waals surface area contributed by atoms with E-state index in [9.17, 15) is 19.5 Å². The fourth-order valence-corrected chi connectivity index (χ4v) is 4.44. The monoisotopic (exact) mass is 499 g/mol. The first-order chi connectivity index (χ1) is 17.1. The van der Waals surface area contributed by atoms with Crippen molar-refractivity contribution in [2.75, 3.05) is 48.0 Å². The molecule has 2 aromatic rings. The van der Waals surface area contributed by atoms with Crippen molar-refractivity contribution in [2.24, 2.45) is 0 Å². The summed E-state index contributed by atoms with van der Waals surface area (Å²) in [5.74, 6) is -1.53. The molecule has 10 heteroatoms. The Hall–Kier alpha value is -3.79. The second-order valence-corrected chi connectivity index (χ2v) is 8.76. The molecular weight excluding hydrogens is 466 g/mol. The van der Waals surface area contributed by atoms with Crippen LogP contribution in [0.5, 0.6) is 11.5 Å². The molecule has 1 aromatic carbocycles. The van der Waals surface area contributed by atoms with E-state index in [1.54, 1.807) is 39.0 Å². The maximum absolute atomic E-state index is 13.3. The van der Waals surface area contributed by atoms with Crippen LogP contribution < -0.4 is 9.47 Å². The van der Waals surface area contributed by atoms with Crippen molar-refractivity contribution in [1.82, 2.24) is 14.8 Å². The number of ketones is 1. The van der Waals surface area contributed by atoms with Crippen molar-refractivity contribution in [1.29, 1.82) is 0 Å². The first kappa shape index (κ1) is 26.8. The number of aliphatic hydroxyl groups excluding tert-OH is 1. The SMILES string of the molecule is CCOC(=O)c1[nH]c(C)c(/C(O)=C2\C(=O)C(=O)N(CCN(C)C)[C@@H]2c2ccc(OC)c(OC)c2)c1C. The van der Waals surface area contributed by atoms with Crippen molar-refractivity contribution in [2.45, 2.75) is 26.8 Å². The largest absolute Gasteiger partial charge is 0.507 e. The quantitative estimate of drug-likeness (QED) is 0.234. The molecule has 194 valence electrons. The van der Waals surface area contributed by atoms with E-state index in [-0.39, 0.29) is 35.7 Å². The average Bonchev–Trinajstić information content (AvgIpc) is 3.28. The lowest BCUT2D eigenvalue weighted by Crippen LogP contribution is -2.35. The number of methoxy groups -OCH3 is 2. The second kappa shape index (κ2) is 10.9. The molecular formula is C26H33N3O7. The number of aromatic nitrogens is 1. The number of nitrogens with zero attached hydrogens (tertiary/aromatic N) is 2. The van der Waals surface area contributed by atoms with Gasteiger partial charge in [0.15, 0.2) is 11.5 Å². The standard InChI is InChI=1S/C26H33N3O7/c1-8-36-26(33)21-14(2)19(15(3)27-21)23(30)20-22(16-9-10-17(34-6)18(13-16)35-7)29(12-11-28(4)5)25(32)24(20)31/h9-10,13,22,27,30H,8,11-12H2,1-7H3/b23-20+/t22-/m1/s1. The summed E-state index contributed by atoms with van der Waals surface area (Å²) in [4.78, 5) is 45.2. The van der Waals surface area contributed by atoms with Gasteiger partial charge in [-0.3, -0.25) is 9.59 Å². The zero-order chi connectivity index (χ0) is 26.7. The number of aliphatic hydroxyl groups is 1. The first-order valence-corrected chi connectivity index (χ1v) is 11.6. The lowest BCUT2D eigenvalue weighted by Gasteiger charge is -2.27. The highest BCUT2D eigenvalue weighted by molar-refractivity contribution is 6.46. The Balaban J connectivity index is 2.24. The van der Waals surface area contributed by atoms with Crippen LogP contribution in [0.1, 0.15) is 45.8 Å². The van der Waals surface area contributed by atoms with Crippen LogP contribution in [-0.4, -0.2) is 85.6 Å². The summed E-state index contributed by atoms with van der Waals surface area (Å²) in [5, 5.41) is 11.5. The Kier molecular flexibility index (Phi) is 8.09. The zero-order valence-electron chi connectivity index (χ0n) is 21.7. The number of likely N-dealkylation sites (N-methyl/N-ethyl adjacent to an activating group) is 1. The van der Waals surface area contributed by atoms with Crippen molar-refractivity contribution in [3.8, 4) is 11.5 Å². The summed E-state index contributed by atoms with van der Waals surface area (Å²) < 4.78 is 15.9. The maximum Gasteiger partial charge on any atom is 0.355 e. The third-order valence-electron chi connectivity index (χ3n) is 6.21. The van der Waals surface area contributed by atoms with Gasteiger partial charge in [-0.2, -0.15) is 0 Å². The number of ether oxygens (including phenoxy) is 3. The minimum Gasteiger partial charge on any atom is -0.507 e. The molecule has 36 heavy (non-hydrogen) atoms. The lowest BCUT2D eigenvalue weighted by atomic mass is 9.93. The van der Waals surface area contributed by atoms with Gasteiger partial charge in [-0.25, -0.2) is 4.79 Å². The van der Waals surface area contributed by atoms with Gasteiger partial charge in [0, 0.05) is 24.3 Å². The van der Waals surface area contributed by atoms with Crippen LogP contribution in [0.15, 0.2) is 23.8 Å². The molecule has 1 amide bonds. The van der Waals surface area contributed by atoms with Crippen LogP contribution in [0.2, 0.25) is 0 Å². The molecule has 1 aromatic heterocycles. The molecule has 2 N–H and O–H groups in total. The normalized spacial score (nSPS) is 17.1. The maximum atomic E-state index is 13.3. The van der Waals surface area contributed by atoms with Gasteiger partial charge in [0.2, 0.25) is 0 Å². The number of esters is 1. The van der Waals surface area contributed by atoms with E-state index >= 15 is 0 Å². The summed E-state index contributed by atoms with van der Waals surface area (Å²) >= 11 is 0. The number of H-pyrrole nitrogens is 1. The van der Waals surface area contributed by atoms with Gasteiger partial charge in [-0.05, 0) is 58.1 Å². The highest BCUT2D eigenvalue weighted by atomic mass is 16.5. The summed E-state index contributed by atoms with van der Waals surface area (Å²) in [6, 6.07) is 4.23.